The standard InChI is InChI=1S/C10H24NOPS2/c1-5-9-10-15-13(14,12-8-4)11(6-2)7-3/h5-10H2,1-4H3. The lowest BCUT2D eigenvalue weighted by Gasteiger charge is -2.31. The quantitative estimate of drug-likeness (QED) is 0.461. The lowest BCUT2D eigenvalue weighted by molar-refractivity contribution is 0.339. The van der Waals surface area contributed by atoms with Gasteiger partial charge in [-0.1, -0.05) is 38.6 Å². The van der Waals surface area contributed by atoms with Gasteiger partial charge in [-0.25, -0.2) is 4.67 Å². The summed E-state index contributed by atoms with van der Waals surface area (Å²) in [7, 11) is 0. The molecule has 0 aliphatic heterocycles. The molecule has 0 aromatic heterocycles. The van der Waals surface area contributed by atoms with Gasteiger partial charge in [0, 0.05) is 18.8 Å². The lowest BCUT2D eigenvalue weighted by Crippen LogP contribution is -2.19. The van der Waals surface area contributed by atoms with Crippen molar-refractivity contribution in [2.75, 3.05) is 25.4 Å². The van der Waals surface area contributed by atoms with Crippen LogP contribution in [0.25, 0.3) is 0 Å². The van der Waals surface area contributed by atoms with E-state index >= 15 is 0 Å². The predicted molar refractivity (Wildman–Crippen MR) is 76.2 cm³/mol. The Balaban J connectivity index is 4.35. The number of hydrogen-bond acceptors (Lipinski definition) is 3. The molecule has 0 aromatic rings. The second-order valence-corrected chi connectivity index (χ2v) is 10.1. The topological polar surface area (TPSA) is 12.5 Å². The van der Waals surface area contributed by atoms with Crippen molar-refractivity contribution in [1.82, 2.24) is 4.67 Å². The van der Waals surface area contributed by atoms with E-state index in [4.69, 9.17) is 16.3 Å². The minimum atomic E-state index is -1.78. The minimum absolute atomic E-state index is 0.729. The molecule has 0 N–H and O–H groups in total. The Kier molecular flexibility index (Phi) is 9.55. The molecule has 0 fully saturated rings. The van der Waals surface area contributed by atoms with E-state index in [9.17, 15) is 0 Å². The van der Waals surface area contributed by atoms with Crippen LogP contribution in [0.2, 0.25) is 0 Å². The fraction of sp³-hybridized carbons (Fsp3) is 1.00. The van der Waals surface area contributed by atoms with Crippen molar-refractivity contribution < 1.29 is 4.52 Å². The van der Waals surface area contributed by atoms with Gasteiger partial charge in [0.1, 0.15) is 0 Å². The third kappa shape index (κ3) is 5.69. The molecule has 0 saturated heterocycles. The van der Waals surface area contributed by atoms with Crippen LogP contribution in [-0.4, -0.2) is 30.1 Å². The first-order valence-electron chi connectivity index (χ1n) is 5.79. The molecular weight excluding hydrogens is 245 g/mol. The first-order chi connectivity index (χ1) is 7.14. The molecule has 0 radical (unpaired) electrons. The van der Waals surface area contributed by atoms with Crippen LogP contribution in [-0.2, 0) is 16.3 Å². The fourth-order valence-electron chi connectivity index (χ4n) is 1.26. The van der Waals surface area contributed by atoms with E-state index in [-0.39, 0.29) is 0 Å². The maximum Gasteiger partial charge on any atom is 0.188 e. The van der Waals surface area contributed by atoms with E-state index < -0.39 is 5.62 Å². The molecule has 0 spiro atoms. The van der Waals surface area contributed by atoms with Crippen LogP contribution >= 0.6 is 17.0 Å². The Labute approximate surface area is 104 Å². The van der Waals surface area contributed by atoms with Gasteiger partial charge in [0.2, 0.25) is 0 Å². The van der Waals surface area contributed by atoms with Crippen molar-refractivity contribution in [3.05, 3.63) is 0 Å². The van der Waals surface area contributed by atoms with Crippen molar-refractivity contribution in [2.45, 2.75) is 40.5 Å². The Morgan fingerprint density at radius 2 is 1.80 bits per heavy atom. The summed E-state index contributed by atoms with van der Waals surface area (Å²) in [5, 5.41) is 0. The number of rotatable bonds is 9. The molecule has 0 amide bonds. The maximum absolute atomic E-state index is 5.83. The molecule has 1 atom stereocenters. The third-order valence-electron chi connectivity index (χ3n) is 2.12. The van der Waals surface area contributed by atoms with Crippen LogP contribution in [0.3, 0.4) is 0 Å². The largest absolute Gasteiger partial charge is 0.331 e. The smallest absolute Gasteiger partial charge is 0.188 e. The van der Waals surface area contributed by atoms with Crippen LogP contribution in [0.5, 0.6) is 0 Å². The van der Waals surface area contributed by atoms with Gasteiger partial charge < -0.3 is 4.52 Å². The van der Waals surface area contributed by atoms with Gasteiger partial charge in [-0.15, -0.1) is 0 Å². The molecule has 2 nitrogen and oxygen atoms in total. The Morgan fingerprint density at radius 1 is 1.20 bits per heavy atom. The summed E-state index contributed by atoms with van der Waals surface area (Å²) in [6.45, 7) is 11.3. The van der Waals surface area contributed by atoms with Crippen LogP contribution in [0.1, 0.15) is 40.5 Å². The molecule has 15 heavy (non-hydrogen) atoms. The summed E-state index contributed by atoms with van der Waals surface area (Å²) in [5.74, 6) is 1.13. The van der Waals surface area contributed by atoms with Crippen LogP contribution in [0.4, 0.5) is 0 Å². The highest BCUT2D eigenvalue weighted by atomic mass is 32.9. The zero-order valence-electron chi connectivity index (χ0n) is 10.4. The van der Waals surface area contributed by atoms with E-state index in [2.05, 4.69) is 25.4 Å². The van der Waals surface area contributed by atoms with E-state index in [0.29, 0.717) is 0 Å². The second kappa shape index (κ2) is 9.00. The van der Waals surface area contributed by atoms with Gasteiger partial charge >= 0.3 is 0 Å². The zero-order chi connectivity index (χ0) is 11.7. The average Bonchev–Trinajstić information content (AvgIpc) is 2.20. The summed E-state index contributed by atoms with van der Waals surface area (Å²) >= 11 is 7.57. The summed E-state index contributed by atoms with van der Waals surface area (Å²) in [5.41, 5.74) is -1.78. The van der Waals surface area contributed by atoms with Crippen molar-refractivity contribution in [3.63, 3.8) is 0 Å². The van der Waals surface area contributed by atoms with Gasteiger partial charge in [-0.05, 0) is 25.2 Å². The summed E-state index contributed by atoms with van der Waals surface area (Å²) < 4.78 is 8.15. The molecule has 0 aliphatic rings. The molecule has 92 valence electrons. The van der Waals surface area contributed by atoms with Crippen molar-refractivity contribution >= 4 is 28.8 Å². The van der Waals surface area contributed by atoms with Gasteiger partial charge in [-0.2, -0.15) is 0 Å². The van der Waals surface area contributed by atoms with E-state index in [1.165, 1.54) is 12.8 Å². The number of hydrogen-bond donors (Lipinski definition) is 0. The van der Waals surface area contributed by atoms with E-state index in [1.807, 2.05) is 18.3 Å². The molecule has 0 saturated carbocycles. The van der Waals surface area contributed by atoms with Crippen LogP contribution in [0, 0.1) is 0 Å². The van der Waals surface area contributed by atoms with Gasteiger partial charge in [-0.3, -0.25) is 0 Å². The molecular formula is C10H24NOPS2. The van der Waals surface area contributed by atoms with Crippen molar-refractivity contribution in [2.24, 2.45) is 0 Å². The van der Waals surface area contributed by atoms with E-state index in [1.54, 1.807) is 0 Å². The normalized spacial score (nSPS) is 15.5. The first kappa shape index (κ1) is 15.9. The molecule has 0 heterocycles. The number of nitrogens with zero attached hydrogens (tertiary/aromatic N) is 1. The lowest BCUT2D eigenvalue weighted by atomic mass is 10.4. The Bertz CT molecular complexity index is 198. The van der Waals surface area contributed by atoms with Crippen molar-refractivity contribution in [3.8, 4) is 0 Å². The van der Waals surface area contributed by atoms with Crippen LogP contribution < -0.4 is 0 Å². The van der Waals surface area contributed by atoms with E-state index in [0.717, 1.165) is 25.4 Å². The average molecular weight is 269 g/mol. The monoisotopic (exact) mass is 269 g/mol. The third-order valence-corrected chi connectivity index (χ3v) is 9.25. The summed E-state index contributed by atoms with van der Waals surface area (Å²) in [6, 6.07) is 0. The number of unbranched alkanes of at least 4 members (excludes halogenated alkanes) is 1. The van der Waals surface area contributed by atoms with Gasteiger partial charge in [0.05, 0.1) is 6.61 Å². The molecule has 0 aliphatic carbocycles. The highest BCUT2D eigenvalue weighted by molar-refractivity contribution is 8.68. The predicted octanol–water partition coefficient (Wildman–Crippen LogP) is 4.12. The molecule has 0 bridgehead atoms. The molecule has 0 rings (SSSR count). The molecule has 5 heteroatoms. The Hall–Kier alpha value is 0.920. The highest BCUT2D eigenvalue weighted by Crippen LogP contribution is 2.62. The maximum atomic E-state index is 5.83. The van der Waals surface area contributed by atoms with Gasteiger partial charge in [0.15, 0.2) is 5.62 Å². The zero-order valence-corrected chi connectivity index (χ0v) is 12.9. The molecule has 1 unspecified atom stereocenters. The van der Waals surface area contributed by atoms with Crippen LogP contribution in [0.15, 0.2) is 0 Å². The summed E-state index contributed by atoms with van der Waals surface area (Å²) in [4.78, 5) is 0. The minimum Gasteiger partial charge on any atom is -0.331 e. The summed E-state index contributed by atoms with van der Waals surface area (Å²) in [6.07, 6.45) is 2.46. The SMILES string of the molecule is CCCCSP(=S)(OCC)N(CC)CC. The second-order valence-electron chi connectivity index (χ2n) is 3.21. The highest BCUT2D eigenvalue weighted by Gasteiger charge is 2.24. The molecule has 0 aromatic carbocycles. The Morgan fingerprint density at radius 3 is 2.20 bits per heavy atom. The first-order valence-corrected chi connectivity index (χ1v) is 10.0. The van der Waals surface area contributed by atoms with Gasteiger partial charge in [0.25, 0.3) is 0 Å². The fourth-order valence-corrected chi connectivity index (χ4v) is 7.81. The van der Waals surface area contributed by atoms with Crippen molar-refractivity contribution in [1.29, 1.82) is 0 Å².